The number of thioether (sulfide) groups is 1. The van der Waals surface area contributed by atoms with Crippen molar-refractivity contribution in [3.05, 3.63) is 0 Å². The maximum atomic E-state index is 4.23. The van der Waals surface area contributed by atoms with Gasteiger partial charge in [0.1, 0.15) is 0 Å². The molecule has 0 bridgehead atoms. The van der Waals surface area contributed by atoms with Gasteiger partial charge in [-0.2, -0.15) is 11.8 Å². The number of aliphatic imine (C=N–C) groups is 1. The first kappa shape index (κ1) is 18.3. The number of guanidine groups is 1. The van der Waals surface area contributed by atoms with Gasteiger partial charge in [-0.3, -0.25) is 4.99 Å². The van der Waals surface area contributed by atoms with Gasteiger partial charge in [0.25, 0.3) is 0 Å². The smallest absolute Gasteiger partial charge is 0.191 e. The highest BCUT2D eigenvalue weighted by molar-refractivity contribution is 14.0. The van der Waals surface area contributed by atoms with Gasteiger partial charge in [0.2, 0.25) is 0 Å². The van der Waals surface area contributed by atoms with Crippen molar-refractivity contribution >= 4 is 41.7 Å². The molecule has 1 heterocycles. The lowest BCUT2D eigenvalue weighted by Crippen LogP contribution is -2.41. The Hall–Kier alpha value is 0.310. The molecule has 2 N–H and O–H groups in total. The van der Waals surface area contributed by atoms with Crippen molar-refractivity contribution in [3.63, 3.8) is 0 Å². The average Bonchev–Trinajstić information content (AvgIpc) is 2.81. The summed E-state index contributed by atoms with van der Waals surface area (Å²) in [5.41, 5.74) is 0. The number of nitrogens with zero attached hydrogens (tertiary/aromatic N) is 2. The van der Waals surface area contributed by atoms with Crippen molar-refractivity contribution in [2.75, 3.05) is 51.8 Å². The lowest BCUT2D eigenvalue weighted by atomic mass is 10.1. The topological polar surface area (TPSA) is 39.7 Å². The van der Waals surface area contributed by atoms with E-state index in [2.05, 4.69) is 33.7 Å². The number of likely N-dealkylation sites (tertiary alicyclic amines) is 1. The number of hydrogen-bond donors (Lipinski definition) is 2. The van der Waals surface area contributed by atoms with Gasteiger partial charge < -0.3 is 15.5 Å². The van der Waals surface area contributed by atoms with E-state index < -0.39 is 0 Å². The molecule has 1 unspecified atom stereocenters. The highest BCUT2D eigenvalue weighted by Gasteiger charge is 2.20. The Morgan fingerprint density at radius 2 is 2.22 bits per heavy atom. The van der Waals surface area contributed by atoms with Crippen molar-refractivity contribution < 1.29 is 0 Å². The van der Waals surface area contributed by atoms with E-state index in [0.717, 1.165) is 30.7 Å². The second-order valence-corrected chi connectivity index (χ2v) is 5.41. The third kappa shape index (κ3) is 7.04. The van der Waals surface area contributed by atoms with Gasteiger partial charge in [-0.25, -0.2) is 0 Å². The second-order valence-electron chi connectivity index (χ2n) is 4.42. The Morgan fingerprint density at radius 1 is 1.44 bits per heavy atom. The van der Waals surface area contributed by atoms with Crippen LogP contribution < -0.4 is 10.6 Å². The van der Waals surface area contributed by atoms with Gasteiger partial charge in [-0.05, 0) is 31.7 Å². The van der Waals surface area contributed by atoms with E-state index in [-0.39, 0.29) is 24.0 Å². The molecule has 1 aliphatic heterocycles. The fraction of sp³-hybridized carbons (Fsp3) is 0.917. The third-order valence-corrected chi connectivity index (χ3v) is 3.81. The summed E-state index contributed by atoms with van der Waals surface area (Å²) in [7, 11) is 1.83. The van der Waals surface area contributed by atoms with E-state index in [1.54, 1.807) is 0 Å². The van der Waals surface area contributed by atoms with Gasteiger partial charge in [0.15, 0.2) is 5.96 Å². The number of nitrogens with one attached hydrogen (secondary N) is 2. The van der Waals surface area contributed by atoms with E-state index in [9.17, 15) is 0 Å². The molecule has 0 amide bonds. The minimum atomic E-state index is 0. The molecule has 18 heavy (non-hydrogen) atoms. The molecular formula is C12H27IN4S. The molecule has 1 fully saturated rings. The summed E-state index contributed by atoms with van der Waals surface area (Å²) in [5, 5.41) is 6.74. The molecule has 0 aromatic rings. The molecule has 1 aliphatic rings. The van der Waals surface area contributed by atoms with Gasteiger partial charge >= 0.3 is 0 Å². The highest BCUT2D eigenvalue weighted by atomic mass is 127. The first-order valence-electron chi connectivity index (χ1n) is 6.46. The van der Waals surface area contributed by atoms with Crippen LogP contribution in [0, 0.1) is 5.92 Å². The molecule has 1 atom stereocenters. The molecule has 108 valence electrons. The van der Waals surface area contributed by atoms with Crippen molar-refractivity contribution in [1.29, 1.82) is 0 Å². The Balaban J connectivity index is 0.00000289. The summed E-state index contributed by atoms with van der Waals surface area (Å²) in [5.74, 6) is 2.83. The first-order valence-corrected chi connectivity index (χ1v) is 7.85. The maximum Gasteiger partial charge on any atom is 0.191 e. The van der Waals surface area contributed by atoms with Crippen LogP contribution in [0.15, 0.2) is 4.99 Å². The predicted molar refractivity (Wildman–Crippen MR) is 93.4 cm³/mol. The minimum Gasteiger partial charge on any atom is -0.356 e. The fourth-order valence-corrected chi connectivity index (χ4v) is 2.41. The zero-order valence-corrected chi connectivity index (χ0v) is 14.9. The van der Waals surface area contributed by atoms with Gasteiger partial charge in [0, 0.05) is 32.4 Å². The molecule has 0 aromatic carbocycles. The third-order valence-electron chi connectivity index (χ3n) is 3.20. The van der Waals surface area contributed by atoms with Gasteiger partial charge in [-0.1, -0.05) is 6.92 Å². The maximum absolute atomic E-state index is 4.23. The summed E-state index contributed by atoms with van der Waals surface area (Å²) in [4.78, 5) is 6.74. The van der Waals surface area contributed by atoms with E-state index in [1.807, 2.05) is 18.8 Å². The van der Waals surface area contributed by atoms with Crippen LogP contribution >= 0.6 is 35.7 Å². The molecule has 0 radical (unpaired) electrons. The van der Waals surface area contributed by atoms with Gasteiger partial charge in [0.05, 0.1) is 0 Å². The van der Waals surface area contributed by atoms with E-state index in [1.165, 1.54) is 26.1 Å². The van der Waals surface area contributed by atoms with Crippen molar-refractivity contribution in [2.24, 2.45) is 10.9 Å². The molecule has 6 heteroatoms. The van der Waals surface area contributed by atoms with Crippen LogP contribution in [0.4, 0.5) is 0 Å². The Bertz CT molecular complexity index is 238. The van der Waals surface area contributed by atoms with Crippen LogP contribution in [0.25, 0.3) is 0 Å². The summed E-state index contributed by atoms with van der Waals surface area (Å²) in [6.07, 6.45) is 3.43. The predicted octanol–water partition coefficient (Wildman–Crippen LogP) is 1.47. The molecule has 0 spiro atoms. The van der Waals surface area contributed by atoms with Crippen molar-refractivity contribution in [1.82, 2.24) is 15.5 Å². The summed E-state index contributed by atoms with van der Waals surface area (Å²) in [6, 6.07) is 0. The monoisotopic (exact) mass is 386 g/mol. The standard InChI is InChI=1S/C12H26N4S.HI/c1-4-16-7-5-11(10-16)9-15-12(13-2)14-6-8-17-3;/h11H,4-10H2,1-3H3,(H2,13,14,15);1H. The van der Waals surface area contributed by atoms with Crippen LogP contribution in [0.3, 0.4) is 0 Å². The molecular weight excluding hydrogens is 359 g/mol. The highest BCUT2D eigenvalue weighted by Crippen LogP contribution is 2.14. The number of halogens is 1. The molecule has 1 saturated heterocycles. The van der Waals surface area contributed by atoms with Crippen LogP contribution in [-0.2, 0) is 0 Å². The zero-order chi connectivity index (χ0) is 12.5. The largest absolute Gasteiger partial charge is 0.356 e. The van der Waals surface area contributed by atoms with Crippen LogP contribution in [0.5, 0.6) is 0 Å². The summed E-state index contributed by atoms with van der Waals surface area (Å²) in [6.45, 7) is 7.91. The van der Waals surface area contributed by atoms with Crippen LogP contribution in [-0.4, -0.2) is 62.6 Å². The van der Waals surface area contributed by atoms with Gasteiger partial charge in [-0.15, -0.1) is 24.0 Å². The Morgan fingerprint density at radius 3 is 2.78 bits per heavy atom. The van der Waals surface area contributed by atoms with Crippen LogP contribution in [0.2, 0.25) is 0 Å². The molecule has 0 saturated carbocycles. The summed E-state index contributed by atoms with van der Waals surface area (Å²) < 4.78 is 0. The van der Waals surface area contributed by atoms with E-state index in [0.29, 0.717) is 0 Å². The SMILES string of the molecule is CCN1CCC(CNC(=NC)NCCSC)C1.I. The minimum absolute atomic E-state index is 0. The normalized spacial score (nSPS) is 20.6. The lowest BCUT2D eigenvalue weighted by molar-refractivity contribution is 0.342. The Kier molecular flexibility index (Phi) is 11.4. The van der Waals surface area contributed by atoms with Crippen LogP contribution in [0.1, 0.15) is 13.3 Å². The van der Waals surface area contributed by atoms with E-state index >= 15 is 0 Å². The number of hydrogen-bond acceptors (Lipinski definition) is 3. The quantitative estimate of drug-likeness (QED) is 0.314. The fourth-order valence-electron chi connectivity index (χ4n) is 2.10. The van der Waals surface area contributed by atoms with Crippen molar-refractivity contribution in [3.8, 4) is 0 Å². The molecule has 4 nitrogen and oxygen atoms in total. The second kappa shape index (κ2) is 11.2. The lowest BCUT2D eigenvalue weighted by Gasteiger charge is -2.16. The summed E-state index contributed by atoms with van der Waals surface area (Å²) >= 11 is 1.85. The molecule has 0 aliphatic carbocycles. The average molecular weight is 386 g/mol. The van der Waals surface area contributed by atoms with Crippen molar-refractivity contribution in [2.45, 2.75) is 13.3 Å². The molecule has 0 aromatic heterocycles. The molecule has 1 rings (SSSR count). The first-order chi connectivity index (χ1) is 8.30. The number of rotatable bonds is 6. The van der Waals surface area contributed by atoms with E-state index in [4.69, 9.17) is 0 Å². The Labute approximate surface area is 133 Å². The zero-order valence-electron chi connectivity index (χ0n) is 11.7.